The minimum absolute atomic E-state index is 0.284. The number of nitrogens with two attached hydrogens (primary N) is 1. The Morgan fingerprint density at radius 2 is 1.85 bits per heavy atom. The Hall–Kier alpha value is -1.72. The van der Waals surface area contributed by atoms with Gasteiger partial charge in [0.1, 0.15) is 10.8 Å². The lowest BCUT2D eigenvalue weighted by molar-refractivity contribution is 0.630. The minimum Gasteiger partial charge on any atom is -0.399 e. The fourth-order valence-corrected chi connectivity index (χ4v) is 3.01. The Balaban J connectivity index is 1.99. The topological polar surface area (TPSA) is 38.9 Å². The van der Waals surface area contributed by atoms with Crippen LogP contribution in [0.4, 0.5) is 10.1 Å². The van der Waals surface area contributed by atoms with Gasteiger partial charge in [0.2, 0.25) is 0 Å². The molecule has 0 fully saturated rings. The van der Waals surface area contributed by atoms with E-state index in [4.69, 9.17) is 5.73 Å². The summed E-state index contributed by atoms with van der Waals surface area (Å²) < 4.78 is 14.6. The van der Waals surface area contributed by atoms with Crippen molar-refractivity contribution >= 4 is 33.0 Å². The maximum Gasteiger partial charge on any atom is 0.133 e. The number of hydrogen-bond donors (Lipinski definition) is 1. The van der Waals surface area contributed by atoms with Gasteiger partial charge in [-0.1, -0.05) is 15.9 Å². The second kappa shape index (κ2) is 5.34. The van der Waals surface area contributed by atoms with Gasteiger partial charge >= 0.3 is 0 Å². The van der Waals surface area contributed by atoms with Crippen LogP contribution in [-0.4, -0.2) is 4.98 Å². The Labute approximate surface area is 128 Å². The first-order valence-corrected chi connectivity index (χ1v) is 7.57. The zero-order valence-corrected chi connectivity index (χ0v) is 12.7. The summed E-state index contributed by atoms with van der Waals surface area (Å²) >= 11 is 4.73. The average Bonchev–Trinajstić information content (AvgIpc) is 2.89. The van der Waals surface area contributed by atoms with Crippen LogP contribution in [0.15, 0.2) is 52.3 Å². The molecule has 3 rings (SSSR count). The van der Waals surface area contributed by atoms with E-state index in [0.717, 1.165) is 10.6 Å². The molecule has 1 aromatic heterocycles. The molecule has 0 saturated carbocycles. The lowest BCUT2D eigenvalue weighted by atomic mass is 10.1. The lowest BCUT2D eigenvalue weighted by Crippen LogP contribution is -1.86. The standard InChI is InChI=1S/C15H10BrFN2S/c16-10-3-6-12(13(17)7-10)14-8-20-15(19-14)9-1-4-11(18)5-2-9/h1-8H,18H2. The molecular formula is C15H10BrFN2S. The Kier molecular flexibility index (Phi) is 3.54. The summed E-state index contributed by atoms with van der Waals surface area (Å²) in [7, 11) is 0. The maximum absolute atomic E-state index is 13.9. The third-order valence-electron chi connectivity index (χ3n) is 2.87. The number of hydrogen-bond acceptors (Lipinski definition) is 3. The molecular weight excluding hydrogens is 339 g/mol. The van der Waals surface area contributed by atoms with Gasteiger partial charge in [-0.2, -0.15) is 0 Å². The van der Waals surface area contributed by atoms with Gasteiger partial charge in [0.05, 0.1) is 5.69 Å². The molecule has 2 nitrogen and oxygen atoms in total. The fourth-order valence-electron chi connectivity index (χ4n) is 1.85. The van der Waals surface area contributed by atoms with Crippen molar-refractivity contribution in [2.75, 3.05) is 5.73 Å². The highest BCUT2D eigenvalue weighted by Crippen LogP contribution is 2.31. The van der Waals surface area contributed by atoms with Crippen molar-refractivity contribution in [3.63, 3.8) is 0 Å². The summed E-state index contributed by atoms with van der Waals surface area (Å²) in [6, 6.07) is 12.5. The summed E-state index contributed by atoms with van der Waals surface area (Å²) in [6.07, 6.45) is 0. The Morgan fingerprint density at radius 3 is 2.55 bits per heavy atom. The van der Waals surface area contributed by atoms with E-state index in [9.17, 15) is 4.39 Å². The average molecular weight is 349 g/mol. The van der Waals surface area contributed by atoms with Crippen LogP contribution in [0.3, 0.4) is 0 Å². The quantitative estimate of drug-likeness (QED) is 0.664. The third kappa shape index (κ3) is 2.59. The summed E-state index contributed by atoms with van der Waals surface area (Å²) in [4.78, 5) is 4.49. The van der Waals surface area contributed by atoms with Crippen LogP contribution in [0.1, 0.15) is 0 Å². The van der Waals surface area contributed by atoms with Crippen LogP contribution in [-0.2, 0) is 0 Å². The Bertz CT molecular complexity index is 753. The molecule has 0 unspecified atom stereocenters. The van der Waals surface area contributed by atoms with Crippen LogP contribution < -0.4 is 5.73 Å². The van der Waals surface area contributed by atoms with Crippen molar-refractivity contribution in [1.82, 2.24) is 4.98 Å². The molecule has 0 bridgehead atoms. The van der Waals surface area contributed by atoms with Crippen molar-refractivity contribution in [3.05, 3.63) is 58.1 Å². The van der Waals surface area contributed by atoms with Crippen LogP contribution in [0.25, 0.3) is 21.8 Å². The minimum atomic E-state index is -0.284. The van der Waals surface area contributed by atoms with Gasteiger partial charge < -0.3 is 5.73 Å². The van der Waals surface area contributed by atoms with Gasteiger partial charge in [0.25, 0.3) is 0 Å². The van der Waals surface area contributed by atoms with E-state index in [1.54, 1.807) is 12.1 Å². The van der Waals surface area contributed by atoms with E-state index in [1.165, 1.54) is 17.4 Å². The van der Waals surface area contributed by atoms with Gasteiger partial charge in [-0.25, -0.2) is 9.37 Å². The number of nitrogens with zero attached hydrogens (tertiary/aromatic N) is 1. The highest BCUT2D eigenvalue weighted by Gasteiger charge is 2.10. The number of aromatic nitrogens is 1. The van der Waals surface area contributed by atoms with Gasteiger partial charge in [-0.15, -0.1) is 11.3 Å². The van der Waals surface area contributed by atoms with Crippen LogP contribution >= 0.6 is 27.3 Å². The molecule has 1 heterocycles. The molecule has 0 aliphatic heterocycles. The molecule has 0 radical (unpaired) electrons. The Morgan fingerprint density at radius 1 is 1.10 bits per heavy atom. The van der Waals surface area contributed by atoms with Crippen LogP contribution in [0, 0.1) is 5.82 Å². The first-order valence-electron chi connectivity index (χ1n) is 5.90. The molecule has 0 spiro atoms. The highest BCUT2D eigenvalue weighted by molar-refractivity contribution is 9.10. The van der Waals surface area contributed by atoms with Crippen molar-refractivity contribution in [1.29, 1.82) is 0 Å². The van der Waals surface area contributed by atoms with Crippen LogP contribution in [0.5, 0.6) is 0 Å². The monoisotopic (exact) mass is 348 g/mol. The summed E-state index contributed by atoms with van der Waals surface area (Å²) in [6.45, 7) is 0. The van der Waals surface area contributed by atoms with E-state index in [-0.39, 0.29) is 5.82 Å². The number of halogens is 2. The molecule has 0 saturated heterocycles. The van der Waals surface area contributed by atoms with E-state index < -0.39 is 0 Å². The second-order valence-electron chi connectivity index (χ2n) is 4.28. The maximum atomic E-state index is 13.9. The lowest BCUT2D eigenvalue weighted by Gasteiger charge is -2.00. The molecule has 20 heavy (non-hydrogen) atoms. The second-order valence-corrected chi connectivity index (χ2v) is 6.06. The SMILES string of the molecule is Nc1ccc(-c2nc(-c3ccc(Br)cc3F)cs2)cc1. The van der Waals surface area contributed by atoms with Crippen LogP contribution in [0.2, 0.25) is 0 Å². The number of anilines is 1. The van der Waals surface area contributed by atoms with Crippen molar-refractivity contribution in [2.45, 2.75) is 0 Å². The van der Waals surface area contributed by atoms with E-state index in [1.807, 2.05) is 29.6 Å². The van der Waals surface area contributed by atoms with Crippen molar-refractivity contribution in [2.24, 2.45) is 0 Å². The molecule has 3 aromatic rings. The molecule has 2 aromatic carbocycles. The first kappa shape index (κ1) is 13.3. The number of rotatable bonds is 2. The first-order chi connectivity index (χ1) is 9.63. The van der Waals surface area contributed by atoms with Gasteiger partial charge in [-0.3, -0.25) is 0 Å². The zero-order valence-electron chi connectivity index (χ0n) is 10.3. The number of nitrogen functional groups attached to an aromatic ring is 1. The molecule has 0 atom stereocenters. The summed E-state index contributed by atoms with van der Waals surface area (Å²) in [5.74, 6) is -0.284. The summed E-state index contributed by atoms with van der Waals surface area (Å²) in [5, 5.41) is 2.71. The van der Waals surface area contributed by atoms with E-state index in [0.29, 0.717) is 21.4 Å². The molecule has 5 heteroatoms. The molecule has 100 valence electrons. The summed E-state index contributed by atoms with van der Waals surface area (Å²) in [5.41, 5.74) is 8.51. The van der Waals surface area contributed by atoms with E-state index >= 15 is 0 Å². The fraction of sp³-hybridized carbons (Fsp3) is 0. The van der Waals surface area contributed by atoms with E-state index in [2.05, 4.69) is 20.9 Å². The number of benzene rings is 2. The van der Waals surface area contributed by atoms with Gasteiger partial charge in [0.15, 0.2) is 0 Å². The third-order valence-corrected chi connectivity index (χ3v) is 4.25. The van der Waals surface area contributed by atoms with Gasteiger partial charge in [-0.05, 0) is 42.5 Å². The zero-order chi connectivity index (χ0) is 14.1. The molecule has 0 aliphatic rings. The predicted octanol–water partition coefficient (Wildman–Crippen LogP) is 4.96. The normalized spacial score (nSPS) is 10.7. The molecule has 0 aliphatic carbocycles. The van der Waals surface area contributed by atoms with Crippen molar-refractivity contribution < 1.29 is 4.39 Å². The largest absolute Gasteiger partial charge is 0.399 e. The van der Waals surface area contributed by atoms with Gasteiger partial charge in [0, 0.05) is 26.7 Å². The number of thiazole rings is 1. The smallest absolute Gasteiger partial charge is 0.133 e. The highest BCUT2D eigenvalue weighted by atomic mass is 79.9. The molecule has 0 amide bonds. The predicted molar refractivity (Wildman–Crippen MR) is 85.1 cm³/mol. The molecule has 2 N–H and O–H groups in total. The van der Waals surface area contributed by atoms with Crippen molar-refractivity contribution in [3.8, 4) is 21.8 Å².